The second kappa shape index (κ2) is 5.75. The molecule has 0 saturated heterocycles. The fourth-order valence-corrected chi connectivity index (χ4v) is 2.33. The molecular weight excluding hydrogens is 264 g/mol. The van der Waals surface area contributed by atoms with Gasteiger partial charge in [0.1, 0.15) is 16.5 Å². The van der Waals surface area contributed by atoms with E-state index in [2.05, 4.69) is 10.3 Å². The van der Waals surface area contributed by atoms with Gasteiger partial charge in [-0.2, -0.15) is 0 Å². The van der Waals surface area contributed by atoms with E-state index >= 15 is 0 Å². The summed E-state index contributed by atoms with van der Waals surface area (Å²) in [6.45, 7) is 0.501. The summed E-state index contributed by atoms with van der Waals surface area (Å²) in [5.74, 6) is 0.908. The average Bonchev–Trinajstić information content (AvgIpc) is 2.98. The van der Waals surface area contributed by atoms with Gasteiger partial charge in [0.15, 0.2) is 5.13 Å². The summed E-state index contributed by atoms with van der Waals surface area (Å²) in [5, 5.41) is 3.52. The van der Waals surface area contributed by atoms with Crippen molar-refractivity contribution in [2.75, 3.05) is 31.3 Å². The summed E-state index contributed by atoms with van der Waals surface area (Å²) in [6.07, 6.45) is 2.26. The highest BCUT2D eigenvalue weighted by Crippen LogP contribution is 2.26. The van der Waals surface area contributed by atoms with Gasteiger partial charge in [0.05, 0.1) is 6.26 Å². The van der Waals surface area contributed by atoms with E-state index in [-0.39, 0.29) is 11.7 Å². The van der Waals surface area contributed by atoms with Crippen LogP contribution in [0, 0.1) is 0 Å². The number of rotatable bonds is 5. The summed E-state index contributed by atoms with van der Waals surface area (Å²) >= 11 is 1.28. The van der Waals surface area contributed by atoms with Gasteiger partial charge in [0.2, 0.25) is 0 Å². The van der Waals surface area contributed by atoms with Crippen LogP contribution >= 0.6 is 11.3 Å². The van der Waals surface area contributed by atoms with Crippen LogP contribution in [0.25, 0.3) is 0 Å². The van der Waals surface area contributed by atoms with Gasteiger partial charge in [0.25, 0.3) is 5.91 Å². The van der Waals surface area contributed by atoms with Crippen LogP contribution in [0.4, 0.5) is 10.9 Å². The highest BCUT2D eigenvalue weighted by molar-refractivity contribution is 7.18. The highest BCUT2D eigenvalue weighted by atomic mass is 32.1. The van der Waals surface area contributed by atoms with Crippen molar-refractivity contribution in [3.8, 4) is 0 Å². The van der Waals surface area contributed by atoms with Crippen molar-refractivity contribution < 1.29 is 9.21 Å². The predicted octanol–water partition coefficient (Wildman–Crippen LogP) is 1.36. The molecule has 6 nitrogen and oxygen atoms in total. The molecular formula is C12H16N4O2S. The second-order valence-electron chi connectivity index (χ2n) is 4.19. The molecule has 0 bridgehead atoms. The predicted molar refractivity (Wildman–Crippen MR) is 75.6 cm³/mol. The minimum Gasteiger partial charge on any atom is -0.469 e. The third-order valence-electron chi connectivity index (χ3n) is 2.47. The zero-order valence-electron chi connectivity index (χ0n) is 10.8. The maximum atomic E-state index is 12.0. The summed E-state index contributed by atoms with van der Waals surface area (Å²) in [7, 11) is 3.72. The number of aromatic nitrogens is 1. The maximum Gasteiger partial charge on any atom is 0.265 e. The number of carbonyl (C=O) groups excluding carboxylic acids is 1. The Morgan fingerprint density at radius 3 is 2.95 bits per heavy atom. The van der Waals surface area contributed by atoms with E-state index < -0.39 is 0 Å². The standard InChI is InChI=1S/C12H16N4O2S/c1-16(2)12-15-10(13)9(19-12)11(17)14-6-5-8-4-3-7-18-8/h3-4,7H,5-6,13H2,1-2H3,(H,14,17). The van der Waals surface area contributed by atoms with Crippen molar-refractivity contribution in [1.29, 1.82) is 0 Å². The molecule has 0 aliphatic heterocycles. The lowest BCUT2D eigenvalue weighted by Crippen LogP contribution is -2.25. The molecule has 0 radical (unpaired) electrons. The van der Waals surface area contributed by atoms with Gasteiger partial charge >= 0.3 is 0 Å². The molecule has 102 valence electrons. The summed E-state index contributed by atoms with van der Waals surface area (Å²) in [5.41, 5.74) is 5.74. The molecule has 19 heavy (non-hydrogen) atoms. The van der Waals surface area contributed by atoms with Crippen molar-refractivity contribution in [3.05, 3.63) is 29.0 Å². The topological polar surface area (TPSA) is 84.4 Å². The number of nitrogens with two attached hydrogens (primary N) is 1. The molecule has 3 N–H and O–H groups in total. The van der Waals surface area contributed by atoms with E-state index in [0.29, 0.717) is 23.0 Å². The zero-order valence-corrected chi connectivity index (χ0v) is 11.7. The summed E-state index contributed by atoms with van der Waals surface area (Å²) in [4.78, 5) is 18.4. The zero-order chi connectivity index (χ0) is 13.8. The number of nitrogens with zero attached hydrogens (tertiary/aromatic N) is 2. The third-order valence-corrected chi connectivity index (χ3v) is 3.71. The molecule has 2 aromatic rings. The Balaban J connectivity index is 1.92. The molecule has 2 heterocycles. The van der Waals surface area contributed by atoms with Gasteiger partial charge in [-0.05, 0) is 12.1 Å². The molecule has 0 aliphatic carbocycles. The summed E-state index contributed by atoms with van der Waals surface area (Å²) < 4.78 is 5.19. The van der Waals surface area contributed by atoms with Crippen LogP contribution in [0.15, 0.2) is 22.8 Å². The van der Waals surface area contributed by atoms with Gasteiger partial charge in [0, 0.05) is 27.1 Å². The molecule has 0 fully saturated rings. The molecule has 2 rings (SSSR count). The Kier molecular flexibility index (Phi) is 4.06. The number of hydrogen-bond acceptors (Lipinski definition) is 6. The molecule has 0 atom stereocenters. The second-order valence-corrected chi connectivity index (χ2v) is 5.17. The Morgan fingerprint density at radius 1 is 1.58 bits per heavy atom. The van der Waals surface area contributed by atoms with Crippen LogP contribution < -0.4 is 16.0 Å². The Morgan fingerprint density at radius 2 is 2.37 bits per heavy atom. The van der Waals surface area contributed by atoms with Crippen LogP contribution in [0.3, 0.4) is 0 Å². The first-order valence-corrected chi connectivity index (χ1v) is 6.64. The number of amides is 1. The molecule has 7 heteroatoms. The van der Waals surface area contributed by atoms with Crippen LogP contribution in [-0.4, -0.2) is 31.5 Å². The smallest absolute Gasteiger partial charge is 0.265 e. The normalized spacial score (nSPS) is 10.4. The molecule has 0 aromatic carbocycles. The lowest BCUT2D eigenvalue weighted by molar-refractivity contribution is 0.0958. The van der Waals surface area contributed by atoms with Crippen molar-refractivity contribution in [2.45, 2.75) is 6.42 Å². The minimum atomic E-state index is -0.199. The van der Waals surface area contributed by atoms with E-state index in [1.807, 2.05) is 31.1 Å². The molecule has 0 saturated carbocycles. The van der Waals surface area contributed by atoms with Gasteiger partial charge in [-0.25, -0.2) is 4.98 Å². The fraction of sp³-hybridized carbons (Fsp3) is 0.333. The first kappa shape index (κ1) is 13.4. The van der Waals surface area contributed by atoms with E-state index in [4.69, 9.17) is 10.2 Å². The number of nitrogen functional groups attached to an aromatic ring is 1. The molecule has 1 amide bonds. The van der Waals surface area contributed by atoms with Crippen LogP contribution in [0.1, 0.15) is 15.4 Å². The van der Waals surface area contributed by atoms with E-state index in [1.54, 1.807) is 6.26 Å². The number of anilines is 2. The minimum absolute atomic E-state index is 0.199. The lowest BCUT2D eigenvalue weighted by Gasteiger charge is -2.05. The number of nitrogens with one attached hydrogen (secondary N) is 1. The Hall–Kier alpha value is -2.02. The van der Waals surface area contributed by atoms with Crippen LogP contribution in [0.5, 0.6) is 0 Å². The summed E-state index contributed by atoms with van der Waals surface area (Å²) in [6, 6.07) is 3.69. The van der Waals surface area contributed by atoms with E-state index in [9.17, 15) is 4.79 Å². The van der Waals surface area contributed by atoms with Gasteiger partial charge in [-0.15, -0.1) is 0 Å². The van der Waals surface area contributed by atoms with Crippen LogP contribution in [-0.2, 0) is 6.42 Å². The highest BCUT2D eigenvalue weighted by Gasteiger charge is 2.16. The number of furan rings is 1. The number of carbonyl (C=O) groups is 1. The molecule has 0 aliphatic rings. The van der Waals surface area contributed by atoms with Gasteiger partial charge in [-0.1, -0.05) is 11.3 Å². The third kappa shape index (κ3) is 3.25. The fourth-order valence-electron chi connectivity index (χ4n) is 1.51. The Labute approximate surface area is 115 Å². The van der Waals surface area contributed by atoms with Crippen molar-refractivity contribution in [1.82, 2.24) is 10.3 Å². The van der Waals surface area contributed by atoms with Crippen LogP contribution in [0.2, 0.25) is 0 Å². The van der Waals surface area contributed by atoms with Gasteiger partial charge in [-0.3, -0.25) is 4.79 Å². The first-order valence-electron chi connectivity index (χ1n) is 5.82. The van der Waals surface area contributed by atoms with E-state index in [1.165, 1.54) is 11.3 Å². The number of thiazole rings is 1. The number of hydrogen-bond donors (Lipinski definition) is 2. The maximum absolute atomic E-state index is 12.0. The van der Waals surface area contributed by atoms with Gasteiger partial charge < -0.3 is 20.4 Å². The lowest BCUT2D eigenvalue weighted by atomic mass is 10.3. The quantitative estimate of drug-likeness (QED) is 0.863. The van der Waals surface area contributed by atoms with E-state index in [0.717, 1.165) is 5.76 Å². The monoisotopic (exact) mass is 280 g/mol. The van der Waals surface area contributed by atoms with Crippen molar-refractivity contribution in [3.63, 3.8) is 0 Å². The Bertz CT molecular complexity index is 548. The first-order chi connectivity index (χ1) is 9.08. The average molecular weight is 280 g/mol. The SMILES string of the molecule is CN(C)c1nc(N)c(C(=O)NCCc2ccco2)s1. The van der Waals surface area contributed by atoms with Crippen molar-refractivity contribution in [2.24, 2.45) is 0 Å². The molecule has 0 spiro atoms. The molecule has 0 unspecified atom stereocenters. The molecule has 2 aromatic heterocycles. The largest absolute Gasteiger partial charge is 0.469 e. The van der Waals surface area contributed by atoms with Crippen molar-refractivity contribution >= 4 is 28.2 Å².